The minimum Gasteiger partial charge on any atom is -0.236 e. The van der Waals surface area contributed by atoms with Gasteiger partial charge >= 0.3 is 0 Å². The maximum atomic E-state index is 4.62. The quantitative estimate of drug-likeness (QED) is 0.217. The van der Waals surface area contributed by atoms with E-state index in [1.165, 1.54) is 92.6 Å². The van der Waals surface area contributed by atoms with Crippen molar-refractivity contribution in [3.05, 3.63) is 82.6 Å². The molecule has 2 aromatic carbocycles. The van der Waals surface area contributed by atoms with Crippen LogP contribution >= 0.6 is 15.9 Å². The van der Waals surface area contributed by atoms with Crippen LogP contribution < -0.4 is 0 Å². The zero-order valence-corrected chi connectivity index (χ0v) is 24.9. The maximum Gasteiger partial charge on any atom is 0.159 e. The van der Waals surface area contributed by atoms with Crippen molar-refractivity contribution in [1.29, 1.82) is 0 Å². The van der Waals surface area contributed by atoms with E-state index in [0.717, 1.165) is 23.2 Å². The lowest BCUT2D eigenvalue weighted by atomic mass is 9.73. The van der Waals surface area contributed by atoms with Gasteiger partial charge in [0.2, 0.25) is 0 Å². The first-order valence-electron chi connectivity index (χ1n) is 14.7. The van der Waals surface area contributed by atoms with Gasteiger partial charge in [-0.15, -0.1) is 0 Å². The second kappa shape index (κ2) is 16.8. The van der Waals surface area contributed by atoms with Gasteiger partial charge in [-0.1, -0.05) is 131 Å². The molecule has 1 unspecified atom stereocenters. The Bertz CT molecular complexity index is 994. The van der Waals surface area contributed by atoms with Gasteiger partial charge in [0.25, 0.3) is 0 Å². The molecular formula is C34H47BrN2. The highest BCUT2D eigenvalue weighted by atomic mass is 79.9. The molecule has 1 saturated carbocycles. The summed E-state index contributed by atoms with van der Waals surface area (Å²) in [6, 6.07) is 18.8. The normalized spacial score (nSPS) is 18.1. The van der Waals surface area contributed by atoms with Gasteiger partial charge in [-0.05, 0) is 66.7 Å². The fourth-order valence-electron chi connectivity index (χ4n) is 5.51. The molecule has 37 heavy (non-hydrogen) atoms. The number of hydrogen-bond acceptors (Lipinski definition) is 2. The zero-order valence-electron chi connectivity index (χ0n) is 23.3. The summed E-state index contributed by atoms with van der Waals surface area (Å²) in [7, 11) is 0. The molecule has 3 heteroatoms. The third-order valence-electron chi connectivity index (χ3n) is 8.00. The predicted molar refractivity (Wildman–Crippen MR) is 163 cm³/mol. The summed E-state index contributed by atoms with van der Waals surface area (Å²) < 4.78 is 1.19. The summed E-state index contributed by atoms with van der Waals surface area (Å²) in [6.45, 7) is 6.90. The van der Waals surface area contributed by atoms with Gasteiger partial charge in [0, 0.05) is 22.4 Å². The Labute approximate surface area is 234 Å². The van der Waals surface area contributed by atoms with Crippen LogP contribution in [0.5, 0.6) is 0 Å². The van der Waals surface area contributed by atoms with E-state index in [2.05, 4.69) is 83.1 Å². The van der Waals surface area contributed by atoms with Gasteiger partial charge in [-0.25, -0.2) is 9.97 Å². The van der Waals surface area contributed by atoms with Crippen molar-refractivity contribution in [1.82, 2.24) is 9.97 Å². The second-order valence-corrected chi connectivity index (χ2v) is 11.8. The lowest BCUT2D eigenvalue weighted by Crippen LogP contribution is -2.19. The number of benzene rings is 2. The van der Waals surface area contributed by atoms with Gasteiger partial charge < -0.3 is 0 Å². The van der Waals surface area contributed by atoms with Crippen molar-refractivity contribution in [2.45, 2.75) is 104 Å². The van der Waals surface area contributed by atoms with E-state index in [9.17, 15) is 0 Å². The van der Waals surface area contributed by atoms with Crippen molar-refractivity contribution in [2.75, 3.05) is 0 Å². The summed E-state index contributed by atoms with van der Waals surface area (Å²) in [5, 5.41) is 0. The van der Waals surface area contributed by atoms with E-state index in [1.54, 1.807) is 0 Å². The summed E-state index contributed by atoms with van der Waals surface area (Å²) in [5.41, 5.74) is 3.83. The second-order valence-electron chi connectivity index (χ2n) is 10.9. The van der Waals surface area contributed by atoms with E-state index < -0.39 is 0 Å². The Morgan fingerprint density at radius 3 is 2.14 bits per heavy atom. The van der Waals surface area contributed by atoms with E-state index in [-0.39, 0.29) is 0 Å². The van der Waals surface area contributed by atoms with Gasteiger partial charge in [-0.3, -0.25) is 0 Å². The van der Waals surface area contributed by atoms with Gasteiger partial charge in [0.1, 0.15) is 0 Å². The molecule has 0 saturated heterocycles. The van der Waals surface area contributed by atoms with Gasteiger partial charge in [0.15, 0.2) is 5.82 Å². The summed E-state index contributed by atoms with van der Waals surface area (Å²) in [5.74, 6) is 3.18. The first-order valence-corrected chi connectivity index (χ1v) is 15.5. The van der Waals surface area contributed by atoms with E-state index in [4.69, 9.17) is 0 Å². The summed E-state index contributed by atoms with van der Waals surface area (Å²) in [4.78, 5) is 9.24. The molecule has 1 atom stereocenters. The Balaban J connectivity index is 0.000000266. The van der Waals surface area contributed by atoms with Crippen molar-refractivity contribution < 1.29 is 0 Å². The largest absolute Gasteiger partial charge is 0.236 e. The smallest absolute Gasteiger partial charge is 0.159 e. The number of hydrogen-bond donors (Lipinski definition) is 0. The van der Waals surface area contributed by atoms with Crippen LogP contribution in [0.1, 0.15) is 108 Å². The van der Waals surface area contributed by atoms with Gasteiger partial charge in [-0.2, -0.15) is 0 Å². The first-order chi connectivity index (χ1) is 18.1. The fourth-order valence-corrected chi connectivity index (χ4v) is 5.96. The monoisotopic (exact) mass is 562 g/mol. The van der Waals surface area contributed by atoms with Crippen LogP contribution in [0, 0.1) is 11.8 Å². The molecule has 3 aromatic rings. The summed E-state index contributed by atoms with van der Waals surface area (Å²) >= 11 is 3.47. The van der Waals surface area contributed by atoms with Gasteiger partial charge in [0.05, 0.1) is 0 Å². The molecular weight excluding hydrogens is 516 g/mol. The highest BCUT2D eigenvalue weighted by molar-refractivity contribution is 9.10. The number of nitrogens with zero attached hydrogens (tertiary/aromatic N) is 2. The third kappa shape index (κ3) is 10.3. The number of aromatic nitrogens is 2. The minimum atomic E-state index is 0.571. The van der Waals surface area contributed by atoms with Crippen LogP contribution in [0.2, 0.25) is 0 Å². The highest BCUT2D eigenvalue weighted by Gasteiger charge is 2.26. The number of unbranched alkanes of at least 4 members (excludes halogenated alkanes) is 4. The Hall–Kier alpha value is -2.00. The van der Waals surface area contributed by atoms with Crippen LogP contribution in [0.15, 0.2) is 71.5 Å². The van der Waals surface area contributed by atoms with E-state index >= 15 is 0 Å². The van der Waals surface area contributed by atoms with Crippen molar-refractivity contribution >= 4 is 15.9 Å². The number of halogens is 1. The molecule has 1 aliphatic rings. The Morgan fingerprint density at radius 1 is 0.811 bits per heavy atom. The average Bonchev–Trinajstić information content (AvgIpc) is 2.94. The Morgan fingerprint density at radius 2 is 1.49 bits per heavy atom. The van der Waals surface area contributed by atoms with Crippen LogP contribution in [0.3, 0.4) is 0 Å². The molecule has 1 aliphatic carbocycles. The molecule has 0 spiro atoms. The molecule has 2 nitrogen and oxygen atoms in total. The van der Waals surface area contributed by atoms with Crippen LogP contribution in [-0.4, -0.2) is 9.97 Å². The molecule has 1 aromatic heterocycles. The molecule has 0 radical (unpaired) electrons. The highest BCUT2D eigenvalue weighted by Crippen LogP contribution is 2.39. The predicted octanol–water partition coefficient (Wildman–Crippen LogP) is 10.8. The standard InChI is InChI=1S/C23H32N2.C11H15Br/c1-3-4-6-9-19-12-14-20(15-13-19)18(2)22-16-24-23(25-17-22)21-10-7-5-8-11-21;1-2-3-4-6-10-7-5-8-11(12)9-10/h5,7-8,10-11,16-20H,3-4,6,9,12-15H2,1-2H3;5,7-9H,2-4,6H2,1H3. The molecule has 1 fully saturated rings. The topological polar surface area (TPSA) is 25.8 Å². The van der Waals surface area contributed by atoms with Crippen molar-refractivity contribution in [3.8, 4) is 11.4 Å². The van der Waals surface area contributed by atoms with Crippen molar-refractivity contribution in [3.63, 3.8) is 0 Å². The number of aryl methyl sites for hydroxylation is 1. The lowest BCUT2D eigenvalue weighted by Gasteiger charge is -2.32. The zero-order chi connectivity index (χ0) is 26.3. The Kier molecular flexibility index (Phi) is 13.4. The maximum absolute atomic E-state index is 4.62. The molecule has 0 aliphatic heterocycles. The lowest BCUT2D eigenvalue weighted by molar-refractivity contribution is 0.236. The first kappa shape index (κ1) is 29.6. The summed E-state index contributed by atoms with van der Waals surface area (Å²) in [6.07, 6.45) is 20.5. The van der Waals surface area contributed by atoms with E-state index in [1.807, 2.05) is 30.6 Å². The third-order valence-corrected chi connectivity index (χ3v) is 8.50. The average molecular weight is 564 g/mol. The minimum absolute atomic E-state index is 0.571. The molecule has 4 rings (SSSR count). The van der Waals surface area contributed by atoms with Crippen LogP contribution in [-0.2, 0) is 6.42 Å². The molecule has 0 bridgehead atoms. The van der Waals surface area contributed by atoms with E-state index in [0.29, 0.717) is 5.92 Å². The van der Waals surface area contributed by atoms with Crippen molar-refractivity contribution in [2.24, 2.45) is 11.8 Å². The number of rotatable bonds is 11. The molecule has 0 amide bonds. The molecule has 1 heterocycles. The SMILES string of the molecule is CCCCCC1CCC(C(C)c2cnc(-c3ccccc3)nc2)CC1.CCCCCc1cccc(Br)c1. The van der Waals surface area contributed by atoms with Crippen LogP contribution in [0.4, 0.5) is 0 Å². The van der Waals surface area contributed by atoms with Crippen LogP contribution in [0.25, 0.3) is 11.4 Å². The molecule has 200 valence electrons. The fraction of sp³-hybridized carbons (Fsp3) is 0.529. The molecule has 0 N–H and O–H groups in total.